The van der Waals surface area contributed by atoms with E-state index in [1.165, 1.54) is 12.1 Å². The number of rotatable bonds is 3. The Morgan fingerprint density at radius 1 is 1.00 bits per heavy atom. The minimum Gasteiger partial charge on any atom is -0.309 e. The predicted octanol–water partition coefficient (Wildman–Crippen LogP) is 3.65. The van der Waals surface area contributed by atoms with Crippen LogP contribution in [0.1, 0.15) is 17.7 Å². The lowest BCUT2D eigenvalue weighted by molar-refractivity contribution is 0.151. The van der Waals surface area contributed by atoms with Gasteiger partial charge in [0.2, 0.25) is 0 Å². The van der Waals surface area contributed by atoms with Crippen molar-refractivity contribution >= 4 is 0 Å². The molecule has 2 aromatic heterocycles. The first-order valence-electron chi connectivity index (χ1n) is 7.83. The van der Waals surface area contributed by atoms with Crippen molar-refractivity contribution < 1.29 is 8.78 Å². The molecule has 0 amide bonds. The van der Waals surface area contributed by atoms with E-state index in [2.05, 4.69) is 10.3 Å². The molecule has 0 spiro atoms. The van der Waals surface area contributed by atoms with Crippen LogP contribution in [0.25, 0.3) is 22.4 Å². The van der Waals surface area contributed by atoms with E-state index in [-0.39, 0.29) is 5.56 Å². The van der Waals surface area contributed by atoms with E-state index < -0.39 is 6.43 Å². The molecule has 6 heteroatoms. The number of nitrogens with zero attached hydrogens (tertiary/aromatic N) is 3. The smallest absolute Gasteiger partial charge is 0.263 e. The van der Waals surface area contributed by atoms with Crippen LogP contribution in [0.4, 0.5) is 8.78 Å². The Labute approximate surface area is 138 Å². The Hall–Kier alpha value is -2.60. The second kappa shape index (κ2) is 6.13. The highest BCUT2D eigenvalue weighted by molar-refractivity contribution is 5.82. The molecular formula is C18H16F2N4. The van der Waals surface area contributed by atoms with Crippen LogP contribution in [-0.2, 0) is 13.1 Å². The molecule has 0 unspecified atom stereocenters. The first kappa shape index (κ1) is 15.0. The monoisotopic (exact) mass is 326 g/mol. The molecule has 1 aromatic carbocycles. The summed E-state index contributed by atoms with van der Waals surface area (Å²) in [5.41, 5.74) is 4.86. The first-order valence-corrected chi connectivity index (χ1v) is 7.83. The van der Waals surface area contributed by atoms with Crippen molar-refractivity contribution in [3.63, 3.8) is 0 Å². The van der Waals surface area contributed by atoms with E-state index in [0.29, 0.717) is 0 Å². The fourth-order valence-corrected chi connectivity index (χ4v) is 3.06. The molecule has 0 atom stereocenters. The Balaban J connectivity index is 1.87. The molecule has 0 fully saturated rings. The predicted molar refractivity (Wildman–Crippen MR) is 87.6 cm³/mol. The van der Waals surface area contributed by atoms with Gasteiger partial charge in [0, 0.05) is 42.2 Å². The van der Waals surface area contributed by atoms with Crippen molar-refractivity contribution in [3.8, 4) is 22.4 Å². The molecule has 4 nitrogen and oxygen atoms in total. The average molecular weight is 326 g/mol. The van der Waals surface area contributed by atoms with E-state index in [1.54, 1.807) is 24.5 Å². The van der Waals surface area contributed by atoms with E-state index >= 15 is 0 Å². The van der Waals surface area contributed by atoms with E-state index in [9.17, 15) is 8.78 Å². The highest BCUT2D eigenvalue weighted by Crippen LogP contribution is 2.35. The number of fused-ring (bicyclic) bond motifs is 1. The van der Waals surface area contributed by atoms with Gasteiger partial charge >= 0.3 is 0 Å². The SMILES string of the molecule is FC(F)c1ccc(-c2nn3c(c2-c2ccncc2)CNCC3)cc1. The summed E-state index contributed by atoms with van der Waals surface area (Å²) in [5.74, 6) is 0. The van der Waals surface area contributed by atoms with Crippen LogP contribution in [0.2, 0.25) is 0 Å². The zero-order valence-electron chi connectivity index (χ0n) is 12.9. The van der Waals surface area contributed by atoms with Gasteiger partial charge in [-0.15, -0.1) is 0 Å². The number of hydrogen-bond acceptors (Lipinski definition) is 3. The summed E-state index contributed by atoms with van der Waals surface area (Å²) in [6.45, 7) is 2.40. The normalized spacial score (nSPS) is 14.0. The first-order chi connectivity index (χ1) is 11.7. The van der Waals surface area contributed by atoms with Gasteiger partial charge in [0.1, 0.15) is 5.69 Å². The van der Waals surface area contributed by atoms with Gasteiger partial charge in [-0.25, -0.2) is 8.78 Å². The number of alkyl halides is 2. The van der Waals surface area contributed by atoms with E-state index in [4.69, 9.17) is 5.10 Å². The summed E-state index contributed by atoms with van der Waals surface area (Å²) in [4.78, 5) is 4.07. The molecule has 1 aliphatic rings. The van der Waals surface area contributed by atoms with Crippen LogP contribution in [0.5, 0.6) is 0 Å². The van der Waals surface area contributed by atoms with Crippen molar-refractivity contribution in [1.82, 2.24) is 20.1 Å². The molecule has 122 valence electrons. The Bertz CT molecular complexity index is 841. The topological polar surface area (TPSA) is 42.7 Å². The van der Waals surface area contributed by atoms with Gasteiger partial charge in [-0.2, -0.15) is 5.10 Å². The number of nitrogens with one attached hydrogen (secondary N) is 1. The van der Waals surface area contributed by atoms with Gasteiger partial charge in [-0.05, 0) is 17.7 Å². The van der Waals surface area contributed by atoms with Gasteiger partial charge < -0.3 is 5.32 Å². The molecule has 0 saturated heterocycles. The average Bonchev–Trinajstić information content (AvgIpc) is 3.02. The molecular weight excluding hydrogens is 310 g/mol. The highest BCUT2D eigenvalue weighted by atomic mass is 19.3. The molecule has 1 aliphatic heterocycles. The van der Waals surface area contributed by atoms with Crippen molar-refractivity contribution in [3.05, 3.63) is 60.0 Å². The molecule has 1 N–H and O–H groups in total. The molecule has 3 aromatic rings. The van der Waals surface area contributed by atoms with Crippen LogP contribution in [0.15, 0.2) is 48.8 Å². The molecule has 0 radical (unpaired) electrons. The number of pyridine rings is 1. The molecule has 0 aliphatic carbocycles. The molecule has 0 saturated carbocycles. The molecule has 4 rings (SSSR count). The minimum atomic E-state index is -2.46. The Morgan fingerprint density at radius 3 is 2.46 bits per heavy atom. The largest absolute Gasteiger partial charge is 0.309 e. The van der Waals surface area contributed by atoms with Crippen LogP contribution >= 0.6 is 0 Å². The van der Waals surface area contributed by atoms with Gasteiger partial charge in [-0.3, -0.25) is 9.67 Å². The fourth-order valence-electron chi connectivity index (χ4n) is 3.06. The maximum absolute atomic E-state index is 12.8. The van der Waals surface area contributed by atoms with Gasteiger partial charge in [-0.1, -0.05) is 24.3 Å². The van der Waals surface area contributed by atoms with E-state index in [0.717, 1.165) is 47.7 Å². The van der Waals surface area contributed by atoms with Crippen molar-refractivity contribution in [2.45, 2.75) is 19.5 Å². The number of aromatic nitrogens is 3. The van der Waals surface area contributed by atoms with Crippen LogP contribution in [0.3, 0.4) is 0 Å². The third-order valence-electron chi connectivity index (χ3n) is 4.26. The molecule has 0 bridgehead atoms. The second-order valence-electron chi connectivity index (χ2n) is 5.73. The zero-order valence-corrected chi connectivity index (χ0v) is 12.9. The van der Waals surface area contributed by atoms with Gasteiger partial charge in [0.05, 0.1) is 12.2 Å². The lowest BCUT2D eigenvalue weighted by Crippen LogP contribution is -2.28. The van der Waals surface area contributed by atoms with Gasteiger partial charge in [0.15, 0.2) is 0 Å². The van der Waals surface area contributed by atoms with Crippen LogP contribution < -0.4 is 5.32 Å². The summed E-state index contributed by atoms with van der Waals surface area (Å²) in [6, 6.07) is 10.3. The summed E-state index contributed by atoms with van der Waals surface area (Å²) < 4.78 is 27.6. The second-order valence-corrected chi connectivity index (χ2v) is 5.73. The highest BCUT2D eigenvalue weighted by Gasteiger charge is 2.22. The standard InChI is InChI=1S/C18H16F2N4/c19-18(20)14-3-1-13(2-4-14)17-16(12-5-7-21-8-6-12)15-11-22-9-10-24(15)23-17/h1-8,18,22H,9-11H2. The Morgan fingerprint density at radius 2 is 1.75 bits per heavy atom. The van der Waals surface area contributed by atoms with Crippen molar-refractivity contribution in [2.75, 3.05) is 6.54 Å². The van der Waals surface area contributed by atoms with Crippen LogP contribution in [0, 0.1) is 0 Å². The van der Waals surface area contributed by atoms with E-state index in [1.807, 2.05) is 16.8 Å². The maximum atomic E-state index is 12.8. The molecule has 24 heavy (non-hydrogen) atoms. The minimum absolute atomic E-state index is 0.0230. The van der Waals surface area contributed by atoms with Gasteiger partial charge in [0.25, 0.3) is 6.43 Å². The fraction of sp³-hybridized carbons (Fsp3) is 0.222. The maximum Gasteiger partial charge on any atom is 0.263 e. The summed E-state index contributed by atoms with van der Waals surface area (Å²) >= 11 is 0. The summed E-state index contributed by atoms with van der Waals surface area (Å²) in [6.07, 6.45) is 1.04. The zero-order chi connectivity index (χ0) is 16.5. The summed E-state index contributed by atoms with van der Waals surface area (Å²) in [5, 5.41) is 8.10. The van der Waals surface area contributed by atoms with Crippen molar-refractivity contribution in [2.24, 2.45) is 0 Å². The number of benzene rings is 1. The quantitative estimate of drug-likeness (QED) is 0.799. The molecule has 3 heterocycles. The van der Waals surface area contributed by atoms with Crippen LogP contribution in [-0.4, -0.2) is 21.3 Å². The number of hydrogen-bond donors (Lipinski definition) is 1. The summed E-state index contributed by atoms with van der Waals surface area (Å²) in [7, 11) is 0. The van der Waals surface area contributed by atoms with Crippen molar-refractivity contribution in [1.29, 1.82) is 0 Å². The Kier molecular flexibility index (Phi) is 3.82. The third kappa shape index (κ3) is 2.59. The number of halogens is 2. The lowest BCUT2D eigenvalue weighted by atomic mass is 9.98. The lowest BCUT2D eigenvalue weighted by Gasteiger charge is -2.16. The third-order valence-corrected chi connectivity index (χ3v) is 4.26.